The van der Waals surface area contributed by atoms with E-state index in [-0.39, 0.29) is 36.3 Å². The fourth-order valence-corrected chi connectivity index (χ4v) is 3.40. The fourth-order valence-electron chi connectivity index (χ4n) is 3.40. The lowest BCUT2D eigenvalue weighted by atomic mass is 10.00. The molecule has 0 unspecified atom stereocenters. The van der Waals surface area contributed by atoms with E-state index >= 15 is 0 Å². The number of urea groups is 1. The molecular weight excluding hydrogens is 328 g/mol. The first-order valence-corrected chi connectivity index (χ1v) is 8.34. The number of nitrogens with zero attached hydrogens (tertiary/aromatic N) is 1. The molecule has 0 radical (unpaired) electrons. The van der Waals surface area contributed by atoms with Gasteiger partial charge in [-0.3, -0.25) is 9.69 Å². The van der Waals surface area contributed by atoms with Gasteiger partial charge in [0.1, 0.15) is 0 Å². The summed E-state index contributed by atoms with van der Waals surface area (Å²) in [4.78, 5) is 25.8. The Morgan fingerprint density at radius 3 is 2.88 bits per heavy atom. The van der Waals surface area contributed by atoms with Gasteiger partial charge >= 0.3 is 6.03 Å². The van der Waals surface area contributed by atoms with Gasteiger partial charge < -0.3 is 16.4 Å². The van der Waals surface area contributed by atoms with Crippen molar-refractivity contribution in [2.24, 2.45) is 11.7 Å². The predicted molar refractivity (Wildman–Crippen MR) is 97.6 cm³/mol. The molecular formula is C17H25ClN4O2. The number of hydrogen-bond donors (Lipinski definition) is 3. The van der Waals surface area contributed by atoms with Crippen LogP contribution in [0.25, 0.3) is 0 Å². The molecule has 1 aromatic carbocycles. The molecule has 1 saturated carbocycles. The van der Waals surface area contributed by atoms with Gasteiger partial charge in [0.15, 0.2) is 0 Å². The number of carbonyl (C=O) groups excluding carboxylic acids is 2. The highest BCUT2D eigenvalue weighted by Gasteiger charge is 2.26. The number of halogens is 1. The molecule has 2 fully saturated rings. The first kappa shape index (κ1) is 18.5. The predicted octanol–water partition coefficient (Wildman–Crippen LogP) is 2.48. The van der Waals surface area contributed by atoms with Gasteiger partial charge in [-0.15, -0.1) is 12.4 Å². The fraction of sp³-hybridized carbons (Fsp3) is 0.529. The molecule has 3 rings (SSSR count). The second-order valence-electron chi connectivity index (χ2n) is 6.39. The highest BCUT2D eigenvalue weighted by molar-refractivity contribution is 5.95. The van der Waals surface area contributed by atoms with Gasteiger partial charge in [0.05, 0.1) is 0 Å². The van der Waals surface area contributed by atoms with Crippen molar-refractivity contribution in [3.63, 3.8) is 0 Å². The summed E-state index contributed by atoms with van der Waals surface area (Å²) in [5.41, 5.74) is 7.55. The van der Waals surface area contributed by atoms with Crippen LogP contribution in [-0.2, 0) is 4.79 Å². The van der Waals surface area contributed by atoms with Gasteiger partial charge in [0.25, 0.3) is 0 Å². The lowest BCUT2D eigenvalue weighted by Gasteiger charge is -2.27. The Morgan fingerprint density at radius 2 is 2.17 bits per heavy atom. The van der Waals surface area contributed by atoms with E-state index in [0.717, 1.165) is 37.1 Å². The van der Waals surface area contributed by atoms with Gasteiger partial charge in [-0.2, -0.15) is 0 Å². The molecule has 4 N–H and O–H groups in total. The summed E-state index contributed by atoms with van der Waals surface area (Å²) >= 11 is 0. The van der Waals surface area contributed by atoms with Gasteiger partial charge in [0, 0.05) is 36.9 Å². The summed E-state index contributed by atoms with van der Waals surface area (Å²) in [5.74, 6) is 0.277. The zero-order chi connectivity index (χ0) is 16.2. The van der Waals surface area contributed by atoms with Crippen LogP contribution >= 0.6 is 12.4 Å². The normalized spacial score (nSPS) is 23.4. The number of benzene rings is 1. The lowest BCUT2D eigenvalue weighted by molar-refractivity contribution is -0.117. The number of rotatable bonds is 4. The van der Waals surface area contributed by atoms with E-state index < -0.39 is 0 Å². The monoisotopic (exact) mass is 352 g/mol. The highest BCUT2D eigenvalue weighted by atomic mass is 35.5. The molecule has 1 saturated heterocycles. The van der Waals surface area contributed by atoms with Crippen LogP contribution in [0.15, 0.2) is 24.3 Å². The van der Waals surface area contributed by atoms with Gasteiger partial charge in [-0.25, -0.2) is 4.79 Å². The molecule has 132 valence electrons. The number of anilines is 2. The van der Waals surface area contributed by atoms with E-state index in [9.17, 15) is 9.59 Å². The van der Waals surface area contributed by atoms with E-state index in [1.807, 2.05) is 24.3 Å². The minimum Gasteiger partial charge on any atom is -0.338 e. The molecule has 1 aliphatic heterocycles. The van der Waals surface area contributed by atoms with Crippen molar-refractivity contribution in [3.8, 4) is 0 Å². The molecule has 0 spiro atoms. The number of amides is 3. The van der Waals surface area contributed by atoms with Gasteiger partial charge in [-0.1, -0.05) is 12.5 Å². The third-order valence-electron chi connectivity index (χ3n) is 4.69. The van der Waals surface area contributed by atoms with Crippen LogP contribution < -0.4 is 21.3 Å². The number of carbonyl (C=O) groups is 2. The molecule has 1 aromatic rings. The molecule has 7 heteroatoms. The van der Waals surface area contributed by atoms with E-state index in [2.05, 4.69) is 10.6 Å². The minimum atomic E-state index is -0.0864. The van der Waals surface area contributed by atoms with E-state index in [0.29, 0.717) is 19.5 Å². The zero-order valence-electron chi connectivity index (χ0n) is 13.7. The summed E-state index contributed by atoms with van der Waals surface area (Å²) in [7, 11) is 0. The van der Waals surface area contributed by atoms with Gasteiger partial charge in [-0.05, 0) is 43.4 Å². The third kappa shape index (κ3) is 4.39. The largest absolute Gasteiger partial charge is 0.338 e. The number of nitrogens with two attached hydrogens (primary N) is 1. The van der Waals surface area contributed by atoms with Crippen molar-refractivity contribution >= 4 is 35.7 Å². The van der Waals surface area contributed by atoms with Crippen LogP contribution in [0.3, 0.4) is 0 Å². The molecule has 0 bridgehead atoms. The van der Waals surface area contributed by atoms with Gasteiger partial charge in [0.2, 0.25) is 5.91 Å². The van der Waals surface area contributed by atoms with Crippen molar-refractivity contribution in [1.82, 2.24) is 5.32 Å². The van der Waals surface area contributed by atoms with Crippen LogP contribution in [0.2, 0.25) is 0 Å². The van der Waals surface area contributed by atoms with Crippen molar-refractivity contribution < 1.29 is 9.59 Å². The van der Waals surface area contributed by atoms with Crippen molar-refractivity contribution in [2.75, 3.05) is 23.3 Å². The second-order valence-corrected chi connectivity index (χ2v) is 6.39. The average molecular weight is 353 g/mol. The molecule has 1 aliphatic carbocycles. The first-order chi connectivity index (χ1) is 11.1. The summed E-state index contributed by atoms with van der Waals surface area (Å²) in [6.07, 6.45) is 4.54. The Balaban J connectivity index is 0.00000208. The van der Waals surface area contributed by atoms with E-state index in [1.165, 1.54) is 0 Å². The Hall–Kier alpha value is -1.79. The average Bonchev–Trinajstić information content (AvgIpc) is 2.93. The Labute approximate surface area is 148 Å². The molecule has 1 heterocycles. The SMILES string of the molecule is Cl.N[C@@H]1CCC[C@H]1CC(=O)Nc1cccc(N2CCCNC2=O)c1. The van der Waals surface area contributed by atoms with Crippen LogP contribution in [0, 0.1) is 5.92 Å². The standard InChI is InChI=1S/C17H24N4O2.ClH/c18-15-7-1-4-12(15)10-16(22)20-13-5-2-6-14(11-13)21-9-3-8-19-17(21)23;/h2,5-6,11-12,15H,1,3-4,7-10,18H2,(H,19,23)(H,20,22);1H/t12-,15+;/m0./s1. The molecule has 24 heavy (non-hydrogen) atoms. The van der Waals surface area contributed by atoms with E-state index in [1.54, 1.807) is 4.90 Å². The highest BCUT2D eigenvalue weighted by Crippen LogP contribution is 2.27. The quantitative estimate of drug-likeness (QED) is 0.777. The van der Waals surface area contributed by atoms with Crippen LogP contribution in [0.5, 0.6) is 0 Å². The summed E-state index contributed by atoms with van der Waals surface area (Å²) in [5, 5.41) is 5.76. The third-order valence-corrected chi connectivity index (χ3v) is 4.69. The molecule has 2 aliphatic rings. The molecule has 6 nitrogen and oxygen atoms in total. The Kier molecular flexibility index (Phi) is 6.45. The molecule has 2 atom stereocenters. The summed E-state index contributed by atoms with van der Waals surface area (Å²) in [6, 6.07) is 7.48. The van der Waals surface area contributed by atoms with E-state index in [4.69, 9.17) is 5.73 Å². The van der Waals surface area contributed by atoms with Crippen molar-refractivity contribution in [3.05, 3.63) is 24.3 Å². The molecule has 0 aromatic heterocycles. The molecule has 3 amide bonds. The Morgan fingerprint density at radius 1 is 1.33 bits per heavy atom. The number of nitrogens with one attached hydrogen (secondary N) is 2. The maximum atomic E-state index is 12.2. The summed E-state index contributed by atoms with van der Waals surface area (Å²) < 4.78 is 0. The minimum absolute atomic E-state index is 0. The first-order valence-electron chi connectivity index (χ1n) is 8.34. The lowest BCUT2D eigenvalue weighted by Crippen LogP contribution is -2.46. The zero-order valence-corrected chi connectivity index (χ0v) is 14.5. The topological polar surface area (TPSA) is 87.5 Å². The maximum Gasteiger partial charge on any atom is 0.321 e. The van der Waals surface area contributed by atoms with Crippen molar-refractivity contribution in [2.45, 2.75) is 38.1 Å². The summed E-state index contributed by atoms with van der Waals surface area (Å²) in [6.45, 7) is 1.41. The van der Waals surface area contributed by atoms with Crippen LogP contribution in [-0.4, -0.2) is 31.1 Å². The smallest absolute Gasteiger partial charge is 0.321 e. The second kappa shape index (κ2) is 8.35. The Bertz CT molecular complexity index is 596. The van der Waals surface area contributed by atoms with Crippen LogP contribution in [0.1, 0.15) is 32.1 Å². The van der Waals surface area contributed by atoms with Crippen LogP contribution in [0.4, 0.5) is 16.2 Å². The maximum absolute atomic E-state index is 12.2. The van der Waals surface area contributed by atoms with Crippen molar-refractivity contribution in [1.29, 1.82) is 0 Å². The number of hydrogen-bond acceptors (Lipinski definition) is 3.